The van der Waals surface area contributed by atoms with Gasteiger partial charge in [-0.15, -0.1) is 0 Å². The summed E-state index contributed by atoms with van der Waals surface area (Å²) in [5.74, 6) is 0. The third kappa shape index (κ3) is 13.4. The maximum absolute atomic E-state index is 8.20. The summed E-state index contributed by atoms with van der Waals surface area (Å²) >= 11 is 0. The van der Waals surface area contributed by atoms with Gasteiger partial charge in [0.15, 0.2) is 0 Å². The Morgan fingerprint density at radius 1 is 0.719 bits per heavy atom. The molecule has 3 aromatic rings. The first-order chi connectivity index (χ1) is 15.4. The Morgan fingerprint density at radius 2 is 1.06 bits per heavy atom. The molecule has 0 spiro atoms. The maximum Gasteiger partial charge on any atom is 0 e. The number of unbranched alkanes of at least 4 members (excludes halogenated alkanes) is 2. The SMILES string of the molecule is CO[CH][CH][CH][CH]CO.[C-]#[O+].[C-]#[O+].[Fe].c1ccc(P(c2ccccc2)c2ccccc2)cc1. The Morgan fingerprint density at radius 3 is 1.34 bits per heavy atom. The molecule has 0 bridgehead atoms. The molecule has 0 aromatic heterocycles. The first-order valence-corrected chi connectivity index (χ1v) is 10.5. The topological polar surface area (TPSA) is 69.3 Å². The van der Waals surface area contributed by atoms with Gasteiger partial charge in [-0.05, 0) is 43.1 Å². The molecule has 0 saturated carbocycles. The van der Waals surface area contributed by atoms with Gasteiger partial charge in [-0.25, -0.2) is 0 Å². The maximum atomic E-state index is 8.20. The summed E-state index contributed by atoms with van der Waals surface area (Å²) in [5, 5.41) is 12.4. The zero-order valence-electron chi connectivity index (χ0n) is 17.6. The summed E-state index contributed by atoms with van der Waals surface area (Å²) in [6.07, 6.45) is 5.04. The molecule has 0 saturated heterocycles. The predicted molar refractivity (Wildman–Crippen MR) is 124 cm³/mol. The van der Waals surface area contributed by atoms with Gasteiger partial charge >= 0.3 is 22.6 Å². The number of aliphatic hydroxyl groups is 1. The molecule has 166 valence electrons. The van der Waals surface area contributed by atoms with E-state index in [0.717, 1.165) is 0 Å². The van der Waals surface area contributed by atoms with Crippen molar-refractivity contribution in [2.24, 2.45) is 0 Å². The molecule has 0 unspecified atom stereocenters. The van der Waals surface area contributed by atoms with Crippen LogP contribution in [-0.4, -0.2) is 18.8 Å². The molecule has 1 N–H and O–H groups in total. The van der Waals surface area contributed by atoms with Gasteiger partial charge in [-0.2, -0.15) is 0 Å². The van der Waals surface area contributed by atoms with Crippen molar-refractivity contribution in [1.29, 1.82) is 0 Å². The van der Waals surface area contributed by atoms with E-state index in [1.807, 2.05) is 0 Å². The van der Waals surface area contributed by atoms with E-state index in [1.54, 1.807) is 26.4 Å². The molecule has 3 rings (SSSR count). The van der Waals surface area contributed by atoms with E-state index in [9.17, 15) is 0 Å². The fraction of sp³-hybridized carbons (Fsp3) is 0.0769. The second-order valence-corrected chi connectivity index (χ2v) is 7.74. The van der Waals surface area contributed by atoms with Crippen LogP contribution < -0.4 is 15.9 Å². The van der Waals surface area contributed by atoms with Gasteiger partial charge in [-0.1, -0.05) is 91.0 Å². The molecule has 0 heterocycles. The summed E-state index contributed by atoms with van der Waals surface area (Å²) in [4.78, 5) is 0. The van der Waals surface area contributed by atoms with Crippen molar-refractivity contribution in [2.75, 3.05) is 13.7 Å². The number of aliphatic hydroxyl groups excluding tert-OH is 1. The normalized spacial score (nSPS) is 8.84. The molecule has 6 heteroatoms. The van der Waals surface area contributed by atoms with E-state index in [2.05, 4.69) is 109 Å². The Kier molecular flexibility index (Phi) is 23.8. The number of ether oxygens (including phenoxy) is 1. The molecule has 32 heavy (non-hydrogen) atoms. The minimum Gasteiger partial charge on any atom is -0.0622 e. The molecular formula is C26H25FeO4P. The van der Waals surface area contributed by atoms with Crippen molar-refractivity contribution >= 4 is 23.8 Å². The van der Waals surface area contributed by atoms with Crippen LogP contribution in [-0.2, 0) is 31.1 Å². The smallest absolute Gasteiger partial charge is 0 e. The van der Waals surface area contributed by atoms with Crippen LogP contribution in [0.4, 0.5) is 0 Å². The van der Waals surface area contributed by atoms with Gasteiger partial charge in [0.1, 0.15) is 0 Å². The monoisotopic (exact) mass is 488 g/mol. The zero-order valence-corrected chi connectivity index (χ0v) is 19.6. The van der Waals surface area contributed by atoms with E-state index in [1.165, 1.54) is 22.5 Å². The fourth-order valence-electron chi connectivity index (χ4n) is 2.44. The summed E-state index contributed by atoms with van der Waals surface area (Å²) in [5.41, 5.74) is 0. The molecule has 3 aromatic carbocycles. The van der Waals surface area contributed by atoms with Crippen molar-refractivity contribution in [3.63, 3.8) is 0 Å². The van der Waals surface area contributed by atoms with Crippen molar-refractivity contribution in [3.8, 4) is 0 Å². The fourth-order valence-corrected chi connectivity index (χ4v) is 4.75. The summed E-state index contributed by atoms with van der Waals surface area (Å²) in [6.45, 7) is 10.6. The van der Waals surface area contributed by atoms with E-state index < -0.39 is 7.92 Å². The average Bonchev–Trinajstić information content (AvgIpc) is 2.87. The van der Waals surface area contributed by atoms with Crippen molar-refractivity contribution in [2.45, 2.75) is 0 Å². The largest absolute Gasteiger partial charge is 0.0622 e. The van der Waals surface area contributed by atoms with Gasteiger partial charge in [0.25, 0.3) is 0 Å². The molecule has 0 aliphatic carbocycles. The zero-order chi connectivity index (χ0) is 23.2. The van der Waals surface area contributed by atoms with Gasteiger partial charge in [0, 0.05) is 30.8 Å². The summed E-state index contributed by atoms with van der Waals surface area (Å²) < 4.78 is 19.6. The number of benzene rings is 3. The van der Waals surface area contributed by atoms with Gasteiger partial charge < -0.3 is 9.84 Å². The molecule has 0 aliphatic heterocycles. The quantitative estimate of drug-likeness (QED) is 0.173. The minimum absolute atomic E-state index is 0. The van der Waals surface area contributed by atoms with Crippen LogP contribution in [0.15, 0.2) is 91.0 Å². The first kappa shape index (κ1) is 32.2. The van der Waals surface area contributed by atoms with Gasteiger partial charge in [0.05, 0.1) is 6.61 Å². The number of methoxy groups -OCH3 is 1. The first-order valence-electron chi connectivity index (χ1n) is 9.18. The van der Waals surface area contributed by atoms with Gasteiger partial charge in [-0.3, -0.25) is 0 Å². The summed E-state index contributed by atoms with van der Waals surface area (Å²) in [6, 6.07) is 32.3. The Labute approximate surface area is 203 Å². The Bertz CT molecular complexity index is 706. The van der Waals surface area contributed by atoms with Crippen LogP contribution in [0.3, 0.4) is 0 Å². The number of hydrogen-bond acceptors (Lipinski definition) is 2. The van der Waals surface area contributed by atoms with Gasteiger partial charge in [0.2, 0.25) is 0 Å². The van der Waals surface area contributed by atoms with Crippen LogP contribution in [0.5, 0.6) is 0 Å². The number of hydrogen-bond donors (Lipinski definition) is 1. The molecular weight excluding hydrogens is 463 g/mol. The van der Waals surface area contributed by atoms with E-state index in [-0.39, 0.29) is 23.7 Å². The third-order valence-electron chi connectivity index (χ3n) is 3.61. The van der Waals surface area contributed by atoms with Crippen LogP contribution in [0.2, 0.25) is 0 Å². The third-order valence-corrected chi connectivity index (χ3v) is 6.05. The molecule has 0 atom stereocenters. The standard InChI is InChI=1S/C18H15P.C6H10O2.2CO.Fe/c1-4-10-16(11-5-1)19(17-12-6-2-7-13-17)18-14-8-3-9-15-18;1-8-6-4-2-3-5-7;2*1-2;/h1-15H;2-4,6-7H,5H2,1H3;;;. The Hall–Kier alpha value is -1.99. The molecule has 0 fully saturated rings. The van der Waals surface area contributed by atoms with Crippen molar-refractivity contribution in [1.82, 2.24) is 0 Å². The van der Waals surface area contributed by atoms with Crippen LogP contribution >= 0.6 is 7.92 Å². The Balaban J connectivity index is 0. The molecule has 4 nitrogen and oxygen atoms in total. The average molecular weight is 488 g/mol. The van der Waals surface area contributed by atoms with Crippen molar-refractivity contribution < 1.29 is 36.2 Å². The molecule has 4 radical (unpaired) electrons. The van der Waals surface area contributed by atoms with E-state index >= 15 is 0 Å². The molecule has 0 amide bonds. The second-order valence-electron chi connectivity index (χ2n) is 5.52. The second kappa shape index (κ2) is 23.7. The van der Waals surface area contributed by atoms with E-state index in [0.29, 0.717) is 0 Å². The van der Waals surface area contributed by atoms with Crippen molar-refractivity contribution in [3.05, 3.63) is 130 Å². The van der Waals surface area contributed by atoms with E-state index in [4.69, 9.17) is 14.4 Å². The number of rotatable bonds is 8. The van der Waals surface area contributed by atoms with Crippen LogP contribution in [0.25, 0.3) is 0 Å². The predicted octanol–water partition coefficient (Wildman–Crippen LogP) is 3.77. The van der Waals surface area contributed by atoms with Crippen LogP contribution in [0.1, 0.15) is 0 Å². The minimum atomic E-state index is -0.446. The summed E-state index contributed by atoms with van der Waals surface area (Å²) in [7, 11) is 1.13. The van der Waals surface area contributed by atoms with Crippen LogP contribution in [0, 0.1) is 39.2 Å². The molecule has 0 aliphatic rings.